The molecule has 2 aromatic rings. The highest BCUT2D eigenvalue weighted by molar-refractivity contribution is 7.12. The molecule has 1 unspecified atom stereocenters. The minimum absolute atomic E-state index is 0.101. The fraction of sp³-hybridized carbons (Fsp3) is 0.389. The lowest BCUT2D eigenvalue weighted by Gasteiger charge is -2.12. The highest BCUT2D eigenvalue weighted by Gasteiger charge is 2.17. The summed E-state index contributed by atoms with van der Waals surface area (Å²) in [5, 5.41) is 16.3. The highest BCUT2D eigenvalue weighted by atomic mass is 32.1. The van der Waals surface area contributed by atoms with E-state index in [1.807, 2.05) is 42.5 Å². The quantitative estimate of drug-likeness (QED) is 0.785. The van der Waals surface area contributed by atoms with Gasteiger partial charge in [-0.3, -0.25) is 0 Å². The Kier molecular flexibility index (Phi) is 5.31. The zero-order valence-corrected chi connectivity index (χ0v) is 13.8. The van der Waals surface area contributed by atoms with Crippen molar-refractivity contribution in [2.24, 2.45) is 0 Å². The van der Waals surface area contributed by atoms with Gasteiger partial charge in [0.2, 0.25) is 0 Å². The van der Waals surface area contributed by atoms with Gasteiger partial charge in [0.15, 0.2) is 0 Å². The fourth-order valence-corrected chi connectivity index (χ4v) is 3.88. The summed E-state index contributed by atoms with van der Waals surface area (Å²) in [6.45, 7) is 0.491. The Morgan fingerprint density at radius 1 is 1.17 bits per heavy atom. The van der Waals surface area contributed by atoms with E-state index in [1.54, 1.807) is 0 Å². The predicted molar refractivity (Wildman–Crippen MR) is 92.5 cm³/mol. The van der Waals surface area contributed by atoms with E-state index in [-0.39, 0.29) is 6.03 Å². The molecule has 0 spiro atoms. The van der Waals surface area contributed by atoms with Crippen LogP contribution in [0.1, 0.15) is 47.1 Å². The molecule has 1 heterocycles. The summed E-state index contributed by atoms with van der Waals surface area (Å²) in [4.78, 5) is 13.8. The van der Waals surface area contributed by atoms with Crippen LogP contribution < -0.4 is 10.6 Å². The number of aliphatic hydroxyl groups excluding tert-OH is 1. The molecule has 0 bridgehead atoms. The Bertz CT molecular complexity index is 635. The number of hydrogen-bond acceptors (Lipinski definition) is 3. The maximum atomic E-state index is 11.9. The third-order valence-corrected chi connectivity index (χ3v) is 5.32. The van der Waals surface area contributed by atoms with Gasteiger partial charge in [-0.15, -0.1) is 11.3 Å². The standard InChI is InChI=1S/C18H22N2O2S/c21-17(13-6-2-1-3-7-13)16-11-10-15(23-16)12-19-18(22)20-14-8-4-5-9-14/h1-3,6-7,10-11,14,17,21H,4-5,8-9,12H2,(H2,19,20,22). The van der Waals surface area contributed by atoms with Crippen molar-refractivity contribution in [3.05, 3.63) is 57.8 Å². The van der Waals surface area contributed by atoms with Crippen LogP contribution in [0.2, 0.25) is 0 Å². The van der Waals surface area contributed by atoms with E-state index in [2.05, 4.69) is 10.6 Å². The number of thiophene rings is 1. The van der Waals surface area contributed by atoms with Gasteiger partial charge >= 0.3 is 6.03 Å². The maximum Gasteiger partial charge on any atom is 0.315 e. The monoisotopic (exact) mass is 330 g/mol. The van der Waals surface area contributed by atoms with E-state index >= 15 is 0 Å². The first-order chi connectivity index (χ1) is 11.2. The number of nitrogens with one attached hydrogen (secondary N) is 2. The number of carbonyl (C=O) groups is 1. The minimum Gasteiger partial charge on any atom is -0.383 e. The van der Waals surface area contributed by atoms with Crippen molar-refractivity contribution in [2.75, 3.05) is 0 Å². The van der Waals surface area contributed by atoms with Crippen LogP contribution in [0, 0.1) is 0 Å². The molecular formula is C18H22N2O2S. The first kappa shape index (κ1) is 16.0. The molecule has 1 aromatic heterocycles. The SMILES string of the molecule is O=C(NCc1ccc(C(O)c2ccccc2)s1)NC1CCCC1. The fourth-order valence-electron chi connectivity index (χ4n) is 2.91. The second-order valence-electron chi connectivity index (χ2n) is 5.93. The molecule has 1 fully saturated rings. The average molecular weight is 330 g/mol. The number of benzene rings is 1. The van der Waals surface area contributed by atoms with Gasteiger partial charge < -0.3 is 15.7 Å². The lowest BCUT2D eigenvalue weighted by Crippen LogP contribution is -2.40. The van der Waals surface area contributed by atoms with Crippen molar-refractivity contribution >= 4 is 17.4 Å². The molecule has 23 heavy (non-hydrogen) atoms. The van der Waals surface area contributed by atoms with Crippen LogP contribution in [0.5, 0.6) is 0 Å². The topological polar surface area (TPSA) is 61.4 Å². The van der Waals surface area contributed by atoms with Crippen LogP contribution in [0.15, 0.2) is 42.5 Å². The molecule has 1 saturated carbocycles. The molecule has 3 N–H and O–H groups in total. The van der Waals surface area contributed by atoms with Gasteiger partial charge in [-0.25, -0.2) is 4.79 Å². The van der Waals surface area contributed by atoms with Crippen molar-refractivity contribution in [3.8, 4) is 0 Å². The zero-order chi connectivity index (χ0) is 16.1. The Morgan fingerprint density at radius 2 is 1.91 bits per heavy atom. The van der Waals surface area contributed by atoms with Crippen molar-refractivity contribution in [1.82, 2.24) is 10.6 Å². The Morgan fingerprint density at radius 3 is 2.65 bits per heavy atom. The van der Waals surface area contributed by atoms with Crippen molar-refractivity contribution in [1.29, 1.82) is 0 Å². The highest BCUT2D eigenvalue weighted by Crippen LogP contribution is 2.28. The molecule has 1 aliphatic carbocycles. The smallest absolute Gasteiger partial charge is 0.315 e. The third-order valence-electron chi connectivity index (χ3n) is 4.18. The second kappa shape index (κ2) is 7.62. The Balaban J connectivity index is 1.52. The number of amides is 2. The molecular weight excluding hydrogens is 308 g/mol. The first-order valence-corrected chi connectivity index (χ1v) is 8.90. The molecule has 122 valence electrons. The summed E-state index contributed by atoms with van der Waals surface area (Å²) >= 11 is 1.53. The van der Waals surface area contributed by atoms with Crippen LogP contribution in [0.4, 0.5) is 4.79 Å². The van der Waals surface area contributed by atoms with Gasteiger partial charge in [-0.05, 0) is 30.5 Å². The summed E-state index contributed by atoms with van der Waals surface area (Å²) < 4.78 is 0. The van der Waals surface area contributed by atoms with Crippen LogP contribution >= 0.6 is 11.3 Å². The van der Waals surface area contributed by atoms with Crippen LogP contribution in [-0.2, 0) is 6.54 Å². The summed E-state index contributed by atoms with van der Waals surface area (Å²) in [5.41, 5.74) is 0.882. The average Bonchev–Trinajstić information content (AvgIpc) is 3.25. The molecule has 0 saturated heterocycles. The molecule has 1 atom stereocenters. The van der Waals surface area contributed by atoms with Crippen molar-refractivity contribution in [2.45, 2.75) is 44.4 Å². The van der Waals surface area contributed by atoms with Crippen LogP contribution in [0.25, 0.3) is 0 Å². The molecule has 0 radical (unpaired) electrons. The van der Waals surface area contributed by atoms with E-state index in [1.165, 1.54) is 24.2 Å². The normalized spacial score (nSPS) is 16.2. The number of hydrogen-bond donors (Lipinski definition) is 3. The third kappa shape index (κ3) is 4.33. The molecule has 1 aliphatic rings. The minimum atomic E-state index is -0.609. The summed E-state index contributed by atoms with van der Waals surface area (Å²) in [6, 6.07) is 13.7. The number of urea groups is 1. The lowest BCUT2D eigenvalue weighted by molar-refractivity contribution is 0.224. The van der Waals surface area contributed by atoms with E-state index < -0.39 is 6.10 Å². The number of rotatable bonds is 5. The van der Waals surface area contributed by atoms with Gasteiger partial charge in [0.05, 0.1) is 6.54 Å². The first-order valence-electron chi connectivity index (χ1n) is 8.08. The van der Waals surface area contributed by atoms with Gasteiger partial charge in [-0.1, -0.05) is 43.2 Å². The molecule has 1 aromatic carbocycles. The summed E-state index contributed by atoms with van der Waals surface area (Å²) in [5.74, 6) is 0. The Labute approximate surface area is 140 Å². The van der Waals surface area contributed by atoms with Crippen LogP contribution in [-0.4, -0.2) is 17.2 Å². The molecule has 5 heteroatoms. The molecule has 0 aliphatic heterocycles. The maximum absolute atomic E-state index is 11.9. The largest absolute Gasteiger partial charge is 0.383 e. The van der Waals surface area contributed by atoms with Gasteiger partial charge in [0.1, 0.15) is 6.10 Å². The van der Waals surface area contributed by atoms with Gasteiger partial charge in [0.25, 0.3) is 0 Å². The van der Waals surface area contributed by atoms with Crippen molar-refractivity contribution < 1.29 is 9.90 Å². The lowest BCUT2D eigenvalue weighted by atomic mass is 10.1. The number of aliphatic hydroxyl groups is 1. The van der Waals surface area contributed by atoms with Crippen molar-refractivity contribution in [3.63, 3.8) is 0 Å². The molecule has 3 rings (SSSR count). The summed E-state index contributed by atoms with van der Waals surface area (Å²) in [7, 11) is 0. The molecule has 4 nitrogen and oxygen atoms in total. The van der Waals surface area contributed by atoms with E-state index in [0.29, 0.717) is 12.6 Å². The van der Waals surface area contributed by atoms with E-state index in [0.717, 1.165) is 28.2 Å². The van der Waals surface area contributed by atoms with Crippen LogP contribution in [0.3, 0.4) is 0 Å². The zero-order valence-electron chi connectivity index (χ0n) is 13.0. The van der Waals surface area contributed by atoms with Gasteiger partial charge in [-0.2, -0.15) is 0 Å². The summed E-state index contributed by atoms with van der Waals surface area (Å²) in [6.07, 6.45) is 3.97. The predicted octanol–water partition coefficient (Wildman–Crippen LogP) is 3.57. The van der Waals surface area contributed by atoms with E-state index in [4.69, 9.17) is 0 Å². The van der Waals surface area contributed by atoms with E-state index in [9.17, 15) is 9.90 Å². The molecule has 2 amide bonds. The van der Waals surface area contributed by atoms with Gasteiger partial charge in [0, 0.05) is 15.8 Å². The second-order valence-corrected chi connectivity index (χ2v) is 7.13. The Hall–Kier alpha value is -1.85. The number of carbonyl (C=O) groups excluding carboxylic acids is 1.